The van der Waals surface area contributed by atoms with E-state index >= 15 is 0 Å². The van der Waals surface area contributed by atoms with Crippen molar-refractivity contribution in [2.75, 3.05) is 24.6 Å². The highest BCUT2D eigenvalue weighted by atomic mass is 35.5. The van der Waals surface area contributed by atoms with Crippen LogP contribution in [0.2, 0.25) is 5.15 Å². The molecule has 1 aromatic heterocycles. The Morgan fingerprint density at radius 1 is 1.56 bits per heavy atom. The van der Waals surface area contributed by atoms with Crippen molar-refractivity contribution >= 4 is 17.4 Å². The van der Waals surface area contributed by atoms with Gasteiger partial charge in [0.2, 0.25) is 0 Å². The third-order valence-corrected chi connectivity index (χ3v) is 3.96. The number of ether oxygens (including phenoxy) is 1. The molecule has 0 amide bonds. The van der Waals surface area contributed by atoms with Gasteiger partial charge in [0.05, 0.1) is 6.61 Å². The smallest absolute Gasteiger partial charge is 0.173 e. The Balaban J connectivity index is 1.99. The molecule has 0 aliphatic carbocycles. The Bertz CT molecular complexity index is 466. The number of hydrogen-bond acceptors (Lipinski definition) is 4. The molecule has 0 saturated carbocycles. The minimum atomic E-state index is 0.464. The van der Waals surface area contributed by atoms with Crippen molar-refractivity contribution in [3.05, 3.63) is 16.8 Å². The molecule has 18 heavy (non-hydrogen) atoms. The standard InChI is InChI=1S/C13H18ClN3O/c1-3-18-11-5-9-4-10-7-15-6-8(2)17(10)13(9)16-12(11)14/h5,8,10,15H,3-4,6-7H2,1-2H3/t8-,10-/m1/s1. The van der Waals surface area contributed by atoms with Crippen LogP contribution >= 0.6 is 11.6 Å². The Labute approximate surface area is 112 Å². The van der Waals surface area contributed by atoms with Crippen molar-refractivity contribution in [2.45, 2.75) is 32.4 Å². The number of piperazine rings is 1. The van der Waals surface area contributed by atoms with Gasteiger partial charge in [-0.1, -0.05) is 11.6 Å². The molecule has 4 nitrogen and oxygen atoms in total. The number of fused-ring (bicyclic) bond motifs is 3. The van der Waals surface area contributed by atoms with Gasteiger partial charge in [-0.2, -0.15) is 0 Å². The first-order chi connectivity index (χ1) is 8.70. The maximum absolute atomic E-state index is 6.19. The predicted octanol–water partition coefficient (Wildman–Crippen LogP) is 1.86. The van der Waals surface area contributed by atoms with Gasteiger partial charge in [-0.25, -0.2) is 4.98 Å². The second-order valence-corrected chi connectivity index (χ2v) is 5.32. The normalized spacial score (nSPS) is 25.8. The van der Waals surface area contributed by atoms with Gasteiger partial charge in [-0.3, -0.25) is 0 Å². The van der Waals surface area contributed by atoms with E-state index in [1.807, 2.05) is 6.92 Å². The fourth-order valence-corrected chi connectivity index (χ4v) is 3.14. The summed E-state index contributed by atoms with van der Waals surface area (Å²) in [5.41, 5.74) is 1.25. The van der Waals surface area contributed by atoms with E-state index in [4.69, 9.17) is 16.3 Å². The Hall–Kier alpha value is -1.00. The third-order valence-electron chi connectivity index (χ3n) is 3.69. The predicted molar refractivity (Wildman–Crippen MR) is 72.7 cm³/mol. The van der Waals surface area contributed by atoms with Crippen LogP contribution in [0.4, 0.5) is 5.82 Å². The van der Waals surface area contributed by atoms with Crippen LogP contribution in [0.25, 0.3) is 0 Å². The van der Waals surface area contributed by atoms with Gasteiger partial charge in [-0.05, 0) is 26.3 Å². The second kappa shape index (κ2) is 4.59. The highest BCUT2D eigenvalue weighted by Crippen LogP contribution is 2.38. The van der Waals surface area contributed by atoms with Crippen molar-refractivity contribution in [3.8, 4) is 5.75 Å². The van der Waals surface area contributed by atoms with Gasteiger partial charge in [0.1, 0.15) is 5.82 Å². The number of aromatic nitrogens is 1. The molecule has 2 atom stereocenters. The lowest BCUT2D eigenvalue weighted by atomic mass is 10.1. The van der Waals surface area contributed by atoms with Gasteiger partial charge < -0.3 is 15.0 Å². The molecule has 0 unspecified atom stereocenters. The molecule has 1 aromatic rings. The summed E-state index contributed by atoms with van der Waals surface area (Å²) in [5, 5.41) is 3.94. The monoisotopic (exact) mass is 267 g/mol. The summed E-state index contributed by atoms with van der Waals surface area (Å²) in [4.78, 5) is 6.94. The molecule has 3 heterocycles. The lowest BCUT2D eigenvalue weighted by molar-refractivity contribution is 0.339. The maximum Gasteiger partial charge on any atom is 0.173 e. The second-order valence-electron chi connectivity index (χ2n) is 4.97. The average Bonchev–Trinajstić information content (AvgIpc) is 2.69. The van der Waals surface area contributed by atoms with Gasteiger partial charge in [0.25, 0.3) is 0 Å². The summed E-state index contributed by atoms with van der Waals surface area (Å²) in [7, 11) is 0. The molecule has 0 bridgehead atoms. The van der Waals surface area contributed by atoms with E-state index in [1.54, 1.807) is 0 Å². The van der Waals surface area contributed by atoms with E-state index in [0.717, 1.165) is 25.3 Å². The van der Waals surface area contributed by atoms with Crippen molar-refractivity contribution in [2.24, 2.45) is 0 Å². The highest BCUT2D eigenvalue weighted by Gasteiger charge is 2.36. The van der Waals surface area contributed by atoms with Gasteiger partial charge in [0, 0.05) is 30.7 Å². The summed E-state index contributed by atoms with van der Waals surface area (Å²) >= 11 is 6.19. The number of halogens is 1. The molecule has 3 rings (SSSR count). The summed E-state index contributed by atoms with van der Waals surface area (Å²) < 4.78 is 5.51. The maximum atomic E-state index is 6.19. The van der Waals surface area contributed by atoms with Crippen LogP contribution in [0, 0.1) is 0 Å². The van der Waals surface area contributed by atoms with Crippen molar-refractivity contribution in [1.82, 2.24) is 10.3 Å². The van der Waals surface area contributed by atoms with E-state index in [0.29, 0.717) is 29.6 Å². The number of pyridine rings is 1. The zero-order valence-electron chi connectivity index (χ0n) is 10.7. The molecule has 1 fully saturated rings. The number of rotatable bonds is 2. The van der Waals surface area contributed by atoms with Crippen LogP contribution in [-0.2, 0) is 6.42 Å². The summed E-state index contributed by atoms with van der Waals surface area (Å²) in [6, 6.07) is 3.02. The average molecular weight is 268 g/mol. The fraction of sp³-hybridized carbons (Fsp3) is 0.615. The number of nitrogens with one attached hydrogen (secondary N) is 1. The fourth-order valence-electron chi connectivity index (χ4n) is 2.95. The third kappa shape index (κ3) is 1.84. The first-order valence-electron chi connectivity index (χ1n) is 6.52. The lowest BCUT2D eigenvalue weighted by Crippen LogP contribution is -2.55. The van der Waals surface area contributed by atoms with Crippen molar-refractivity contribution in [1.29, 1.82) is 0 Å². The van der Waals surface area contributed by atoms with E-state index < -0.39 is 0 Å². The molecule has 0 aromatic carbocycles. The molecule has 2 aliphatic rings. The quantitative estimate of drug-likeness (QED) is 0.830. The van der Waals surface area contributed by atoms with Crippen LogP contribution in [0.5, 0.6) is 5.75 Å². The van der Waals surface area contributed by atoms with Crippen molar-refractivity contribution in [3.63, 3.8) is 0 Å². The van der Waals surface area contributed by atoms with E-state index in [9.17, 15) is 0 Å². The first-order valence-corrected chi connectivity index (χ1v) is 6.89. The van der Waals surface area contributed by atoms with Gasteiger partial charge in [-0.15, -0.1) is 0 Å². The van der Waals surface area contributed by atoms with Gasteiger partial charge in [0.15, 0.2) is 10.9 Å². The number of anilines is 1. The molecule has 5 heteroatoms. The molecule has 0 radical (unpaired) electrons. The van der Waals surface area contributed by atoms with Crippen LogP contribution < -0.4 is 15.0 Å². The topological polar surface area (TPSA) is 37.4 Å². The summed E-state index contributed by atoms with van der Waals surface area (Å²) in [6.45, 7) is 6.81. The van der Waals surface area contributed by atoms with E-state index in [1.165, 1.54) is 5.56 Å². The molecule has 1 saturated heterocycles. The molecular formula is C13H18ClN3O. The number of hydrogen-bond donors (Lipinski definition) is 1. The molecule has 2 aliphatic heterocycles. The highest BCUT2D eigenvalue weighted by molar-refractivity contribution is 6.31. The Morgan fingerprint density at radius 3 is 3.17 bits per heavy atom. The molecule has 98 valence electrons. The van der Waals surface area contributed by atoms with Crippen LogP contribution in [-0.4, -0.2) is 36.8 Å². The number of nitrogens with zero attached hydrogens (tertiary/aromatic N) is 2. The first kappa shape index (κ1) is 12.1. The minimum absolute atomic E-state index is 0.464. The molecular weight excluding hydrogens is 250 g/mol. The Kier molecular flexibility index (Phi) is 3.08. The lowest BCUT2D eigenvalue weighted by Gasteiger charge is -2.37. The van der Waals surface area contributed by atoms with E-state index in [2.05, 4.69) is 28.2 Å². The van der Waals surface area contributed by atoms with Gasteiger partial charge >= 0.3 is 0 Å². The molecule has 0 spiro atoms. The summed E-state index contributed by atoms with van der Waals surface area (Å²) in [5.74, 6) is 1.75. The zero-order valence-corrected chi connectivity index (χ0v) is 11.5. The van der Waals surface area contributed by atoms with Crippen molar-refractivity contribution < 1.29 is 4.74 Å². The van der Waals surface area contributed by atoms with Crippen LogP contribution in [0.1, 0.15) is 19.4 Å². The van der Waals surface area contributed by atoms with Crippen LogP contribution in [0.3, 0.4) is 0 Å². The summed E-state index contributed by atoms with van der Waals surface area (Å²) in [6.07, 6.45) is 1.02. The Morgan fingerprint density at radius 2 is 2.39 bits per heavy atom. The SMILES string of the molecule is CCOc1cc2c(nc1Cl)N1[C@@H](CNC[C@H]1C)C2. The minimum Gasteiger partial charge on any atom is -0.491 e. The zero-order chi connectivity index (χ0) is 12.7. The molecule has 1 N–H and O–H groups in total. The largest absolute Gasteiger partial charge is 0.491 e. The van der Waals surface area contributed by atoms with E-state index in [-0.39, 0.29) is 0 Å². The van der Waals surface area contributed by atoms with Crippen LogP contribution in [0.15, 0.2) is 6.07 Å².